The number of halogens is 3. The van der Waals surface area contributed by atoms with Crippen LogP contribution in [0.5, 0.6) is 0 Å². The van der Waals surface area contributed by atoms with E-state index in [1.165, 1.54) is 25.9 Å². The van der Waals surface area contributed by atoms with Crippen LogP contribution in [0.15, 0.2) is 12.1 Å². The number of hydroxylamine groups is 1. The van der Waals surface area contributed by atoms with Crippen LogP contribution in [0.4, 0.5) is 24.9 Å². The van der Waals surface area contributed by atoms with E-state index in [1.807, 2.05) is 0 Å². The van der Waals surface area contributed by atoms with E-state index in [0.717, 1.165) is 15.9 Å². The summed E-state index contributed by atoms with van der Waals surface area (Å²) in [6, 6.07) is 1.65. The van der Waals surface area contributed by atoms with Crippen molar-refractivity contribution in [2.24, 2.45) is 14.1 Å². The number of carbonyl (C=O) groups is 1. The van der Waals surface area contributed by atoms with Crippen LogP contribution >= 0.6 is 0 Å². The lowest BCUT2D eigenvalue weighted by molar-refractivity contribution is -0.141. The van der Waals surface area contributed by atoms with Gasteiger partial charge in [0.1, 0.15) is 12.2 Å². The molecular formula is C13H14F3N11O2. The SMILES string of the molecule is CON(Cc1nnn(C)n1)c1nc(C(F)(F)F)ccc1C(=O)Nc1nnnn1C. The normalized spacial score (nSPS) is 11.5. The average Bonchev–Trinajstić information content (AvgIpc) is 3.26. The number of carbonyl (C=O) groups excluding carboxylic acids is 1. The number of alkyl halides is 3. The summed E-state index contributed by atoms with van der Waals surface area (Å²) >= 11 is 0. The first kappa shape index (κ1) is 20.1. The van der Waals surface area contributed by atoms with Gasteiger partial charge in [0.2, 0.25) is 5.95 Å². The van der Waals surface area contributed by atoms with Crippen LogP contribution in [0.3, 0.4) is 0 Å². The molecule has 1 N–H and O–H groups in total. The molecule has 29 heavy (non-hydrogen) atoms. The Morgan fingerprint density at radius 1 is 1.24 bits per heavy atom. The first-order valence-electron chi connectivity index (χ1n) is 7.85. The Hall–Kier alpha value is -3.69. The molecule has 0 saturated carbocycles. The average molecular weight is 413 g/mol. The third-order valence-electron chi connectivity index (χ3n) is 3.55. The van der Waals surface area contributed by atoms with Gasteiger partial charge in [-0.15, -0.1) is 10.2 Å². The van der Waals surface area contributed by atoms with E-state index in [2.05, 4.69) is 41.2 Å². The number of nitrogens with one attached hydrogen (secondary N) is 1. The molecule has 0 aliphatic rings. The molecule has 3 heterocycles. The maximum atomic E-state index is 13.2. The van der Waals surface area contributed by atoms with E-state index in [0.29, 0.717) is 6.07 Å². The lowest BCUT2D eigenvalue weighted by atomic mass is 10.2. The minimum atomic E-state index is -4.73. The first-order chi connectivity index (χ1) is 13.7. The van der Waals surface area contributed by atoms with E-state index in [1.54, 1.807) is 0 Å². The number of amides is 1. The third kappa shape index (κ3) is 4.42. The van der Waals surface area contributed by atoms with Crippen LogP contribution in [-0.2, 0) is 31.7 Å². The molecule has 0 aliphatic heterocycles. The zero-order valence-electron chi connectivity index (χ0n) is 15.3. The van der Waals surface area contributed by atoms with Crippen molar-refractivity contribution in [1.82, 2.24) is 45.4 Å². The number of nitrogens with zero attached hydrogens (tertiary/aromatic N) is 10. The van der Waals surface area contributed by atoms with Gasteiger partial charge in [-0.3, -0.25) is 14.9 Å². The summed E-state index contributed by atoms with van der Waals surface area (Å²) in [6.07, 6.45) is -4.73. The molecule has 13 nitrogen and oxygen atoms in total. The van der Waals surface area contributed by atoms with Gasteiger partial charge in [-0.25, -0.2) is 14.7 Å². The van der Waals surface area contributed by atoms with Crippen molar-refractivity contribution in [3.8, 4) is 0 Å². The predicted molar refractivity (Wildman–Crippen MR) is 88.0 cm³/mol. The standard InChI is InChI=1S/C13H14F3N11O2/c1-25-12(20-22-24-25)18-11(28)7-4-5-8(13(14,15)16)17-10(7)27(29-3)6-9-19-23-26(2)21-9/h4-5H,6H2,1-3H3,(H,18,20,24,28). The molecule has 3 aromatic rings. The highest BCUT2D eigenvalue weighted by atomic mass is 19.4. The van der Waals surface area contributed by atoms with E-state index in [-0.39, 0.29) is 23.9 Å². The van der Waals surface area contributed by atoms with Gasteiger partial charge in [0.15, 0.2) is 11.6 Å². The fourth-order valence-corrected chi connectivity index (χ4v) is 2.22. The second-order valence-electron chi connectivity index (χ2n) is 5.56. The Balaban J connectivity index is 2.00. The lowest BCUT2D eigenvalue weighted by Gasteiger charge is -2.22. The molecule has 0 aromatic carbocycles. The maximum absolute atomic E-state index is 13.2. The molecular weight excluding hydrogens is 399 g/mol. The minimum absolute atomic E-state index is 0.0135. The number of anilines is 2. The molecule has 0 bridgehead atoms. The molecule has 0 aliphatic carbocycles. The van der Waals surface area contributed by atoms with Gasteiger partial charge in [-0.1, -0.05) is 5.10 Å². The molecule has 3 aromatic heterocycles. The van der Waals surface area contributed by atoms with Crippen LogP contribution in [0.1, 0.15) is 21.9 Å². The fraction of sp³-hybridized carbons (Fsp3) is 0.385. The molecule has 1 amide bonds. The molecule has 0 unspecified atom stereocenters. The van der Waals surface area contributed by atoms with Crippen molar-refractivity contribution < 1.29 is 22.8 Å². The largest absolute Gasteiger partial charge is 0.433 e. The van der Waals surface area contributed by atoms with Crippen LogP contribution in [0.2, 0.25) is 0 Å². The van der Waals surface area contributed by atoms with Crippen molar-refractivity contribution >= 4 is 17.7 Å². The number of tetrazole rings is 2. The molecule has 0 spiro atoms. The Labute approximate surface area is 160 Å². The summed E-state index contributed by atoms with van der Waals surface area (Å²) < 4.78 is 40.7. The number of hydrogen-bond acceptors (Lipinski definition) is 10. The highest BCUT2D eigenvalue weighted by molar-refractivity contribution is 6.06. The van der Waals surface area contributed by atoms with E-state index in [4.69, 9.17) is 4.84 Å². The van der Waals surface area contributed by atoms with Crippen LogP contribution in [-0.4, -0.2) is 58.4 Å². The van der Waals surface area contributed by atoms with Crippen LogP contribution in [0, 0.1) is 0 Å². The summed E-state index contributed by atoms with van der Waals surface area (Å²) in [4.78, 5) is 22.5. The molecule has 154 valence electrons. The van der Waals surface area contributed by atoms with Gasteiger partial charge in [-0.05, 0) is 27.8 Å². The fourth-order valence-electron chi connectivity index (χ4n) is 2.22. The third-order valence-corrected chi connectivity index (χ3v) is 3.55. The minimum Gasteiger partial charge on any atom is -0.289 e. The van der Waals surface area contributed by atoms with Gasteiger partial charge in [-0.2, -0.15) is 18.0 Å². The van der Waals surface area contributed by atoms with Crippen molar-refractivity contribution in [3.05, 3.63) is 29.2 Å². The van der Waals surface area contributed by atoms with Crippen molar-refractivity contribution in [2.75, 3.05) is 17.5 Å². The quantitative estimate of drug-likeness (QED) is 0.547. The molecule has 0 saturated heterocycles. The summed E-state index contributed by atoms with van der Waals surface area (Å²) in [5, 5.41) is 25.2. The van der Waals surface area contributed by atoms with Crippen molar-refractivity contribution in [1.29, 1.82) is 0 Å². The Morgan fingerprint density at radius 3 is 2.55 bits per heavy atom. The van der Waals surface area contributed by atoms with Crippen LogP contribution in [0.25, 0.3) is 0 Å². The van der Waals surface area contributed by atoms with Gasteiger partial charge < -0.3 is 0 Å². The van der Waals surface area contributed by atoms with E-state index in [9.17, 15) is 18.0 Å². The molecule has 0 atom stereocenters. The molecule has 3 rings (SSSR count). The number of aromatic nitrogens is 9. The van der Waals surface area contributed by atoms with Gasteiger partial charge in [0.25, 0.3) is 5.91 Å². The summed E-state index contributed by atoms with van der Waals surface area (Å²) in [6.45, 7) is -0.218. The van der Waals surface area contributed by atoms with Crippen molar-refractivity contribution in [3.63, 3.8) is 0 Å². The Bertz CT molecular complexity index is 1020. The van der Waals surface area contributed by atoms with Gasteiger partial charge >= 0.3 is 6.18 Å². The number of hydrogen-bond donors (Lipinski definition) is 1. The summed E-state index contributed by atoms with van der Waals surface area (Å²) in [7, 11) is 4.19. The second kappa shape index (κ2) is 7.74. The molecule has 16 heteroatoms. The molecule has 0 radical (unpaired) electrons. The van der Waals surface area contributed by atoms with Gasteiger partial charge in [0.05, 0.1) is 19.7 Å². The smallest absolute Gasteiger partial charge is 0.289 e. The highest BCUT2D eigenvalue weighted by Crippen LogP contribution is 2.31. The predicted octanol–water partition coefficient (Wildman–Crippen LogP) is -0.0323. The lowest BCUT2D eigenvalue weighted by Crippen LogP contribution is -2.28. The molecule has 0 fully saturated rings. The topological polar surface area (TPSA) is 142 Å². The van der Waals surface area contributed by atoms with E-state index >= 15 is 0 Å². The van der Waals surface area contributed by atoms with Crippen LogP contribution < -0.4 is 10.4 Å². The monoisotopic (exact) mass is 413 g/mol. The maximum Gasteiger partial charge on any atom is 0.433 e. The Kier molecular flexibility index (Phi) is 5.35. The first-order valence-corrected chi connectivity index (χ1v) is 7.85. The summed E-state index contributed by atoms with van der Waals surface area (Å²) in [5.74, 6) is -1.08. The number of aryl methyl sites for hydroxylation is 2. The zero-order chi connectivity index (χ0) is 21.2. The highest BCUT2D eigenvalue weighted by Gasteiger charge is 2.34. The van der Waals surface area contributed by atoms with E-state index < -0.39 is 23.6 Å². The number of pyridine rings is 1. The second-order valence-corrected chi connectivity index (χ2v) is 5.56. The Morgan fingerprint density at radius 2 is 2.00 bits per heavy atom. The zero-order valence-corrected chi connectivity index (χ0v) is 15.3. The number of rotatable bonds is 6. The van der Waals surface area contributed by atoms with Gasteiger partial charge in [0, 0.05) is 7.05 Å². The van der Waals surface area contributed by atoms with Crippen molar-refractivity contribution in [2.45, 2.75) is 12.7 Å². The summed E-state index contributed by atoms with van der Waals surface area (Å²) in [5.41, 5.74) is -1.43.